The molecule has 1 aliphatic rings. The molecule has 1 amide bonds. The molecule has 1 atom stereocenters. The summed E-state index contributed by atoms with van der Waals surface area (Å²) in [5.41, 5.74) is 3.53. The maximum absolute atomic E-state index is 13.3. The van der Waals surface area contributed by atoms with E-state index in [2.05, 4.69) is 0 Å². The predicted molar refractivity (Wildman–Crippen MR) is 131 cm³/mol. The summed E-state index contributed by atoms with van der Waals surface area (Å²) >= 11 is 0. The Kier molecular flexibility index (Phi) is 6.41. The maximum Gasteiger partial charge on any atom is 0.300 e. The predicted octanol–water partition coefficient (Wildman–Crippen LogP) is 5.34. The molecule has 0 aromatic heterocycles. The highest BCUT2D eigenvalue weighted by Crippen LogP contribution is 2.43. The summed E-state index contributed by atoms with van der Waals surface area (Å²) in [6, 6.07) is 19.0. The number of anilines is 1. The van der Waals surface area contributed by atoms with Gasteiger partial charge in [-0.05, 0) is 79.9 Å². The van der Waals surface area contributed by atoms with Crippen LogP contribution in [-0.4, -0.2) is 30.5 Å². The zero-order chi connectivity index (χ0) is 24.4. The van der Waals surface area contributed by atoms with E-state index in [4.69, 9.17) is 9.47 Å². The molecule has 0 bridgehead atoms. The van der Waals surface area contributed by atoms with E-state index in [9.17, 15) is 14.7 Å². The quantitative estimate of drug-likeness (QED) is 0.307. The molecule has 0 radical (unpaired) electrons. The van der Waals surface area contributed by atoms with Crippen molar-refractivity contribution >= 4 is 23.1 Å². The lowest BCUT2D eigenvalue weighted by Crippen LogP contribution is -2.29. The van der Waals surface area contributed by atoms with Crippen LogP contribution in [0.15, 0.2) is 72.3 Å². The Hall–Kier alpha value is -4.06. The van der Waals surface area contributed by atoms with E-state index in [-0.39, 0.29) is 11.3 Å². The number of aliphatic hydroxyl groups is 1. The maximum atomic E-state index is 13.3. The number of hydrogen-bond donors (Lipinski definition) is 1. The minimum absolute atomic E-state index is 0.0419. The van der Waals surface area contributed by atoms with E-state index in [1.54, 1.807) is 55.6 Å². The zero-order valence-electron chi connectivity index (χ0n) is 19.7. The second-order valence-electron chi connectivity index (χ2n) is 8.19. The molecule has 0 saturated carbocycles. The first-order chi connectivity index (χ1) is 16.3. The summed E-state index contributed by atoms with van der Waals surface area (Å²) in [7, 11) is 1.57. The van der Waals surface area contributed by atoms with Gasteiger partial charge in [-0.25, -0.2) is 0 Å². The molecule has 3 aromatic carbocycles. The van der Waals surface area contributed by atoms with Crippen LogP contribution in [0.4, 0.5) is 5.69 Å². The molecule has 6 heteroatoms. The third-order valence-electron chi connectivity index (χ3n) is 5.90. The van der Waals surface area contributed by atoms with Crippen LogP contribution in [0.5, 0.6) is 11.5 Å². The van der Waals surface area contributed by atoms with Crippen LogP contribution in [0.1, 0.15) is 35.2 Å². The number of methoxy groups -OCH3 is 1. The molecule has 1 N–H and O–H groups in total. The molecule has 174 valence electrons. The van der Waals surface area contributed by atoms with E-state index in [0.29, 0.717) is 34.9 Å². The average molecular weight is 458 g/mol. The number of benzene rings is 3. The monoisotopic (exact) mass is 457 g/mol. The Morgan fingerprint density at radius 2 is 1.74 bits per heavy atom. The van der Waals surface area contributed by atoms with Crippen LogP contribution in [-0.2, 0) is 9.59 Å². The highest BCUT2D eigenvalue weighted by Gasteiger charge is 2.47. The molecule has 6 nitrogen and oxygen atoms in total. The van der Waals surface area contributed by atoms with Crippen LogP contribution >= 0.6 is 0 Å². The van der Waals surface area contributed by atoms with E-state index in [1.807, 2.05) is 39.0 Å². The first-order valence-electron chi connectivity index (χ1n) is 11.1. The number of carbonyl (C=O) groups is 2. The first kappa shape index (κ1) is 23.1. The summed E-state index contributed by atoms with van der Waals surface area (Å²) in [5, 5.41) is 11.3. The van der Waals surface area contributed by atoms with Gasteiger partial charge in [0.2, 0.25) is 0 Å². The largest absolute Gasteiger partial charge is 0.507 e. The number of hydrogen-bond acceptors (Lipinski definition) is 5. The fourth-order valence-electron chi connectivity index (χ4n) is 4.25. The van der Waals surface area contributed by atoms with E-state index >= 15 is 0 Å². The van der Waals surface area contributed by atoms with Crippen molar-refractivity contribution in [2.45, 2.75) is 26.8 Å². The van der Waals surface area contributed by atoms with Gasteiger partial charge < -0.3 is 14.6 Å². The first-order valence-corrected chi connectivity index (χ1v) is 11.1. The number of aryl methyl sites for hydroxylation is 2. The second kappa shape index (κ2) is 9.43. The van der Waals surface area contributed by atoms with Gasteiger partial charge in [0.05, 0.1) is 25.3 Å². The number of Topliss-reactive ketones (excluding diaryl/α,β-unsaturated/α-hetero) is 1. The molecular formula is C28H27NO5. The van der Waals surface area contributed by atoms with E-state index in [0.717, 1.165) is 11.1 Å². The Morgan fingerprint density at radius 3 is 2.35 bits per heavy atom. The number of carbonyl (C=O) groups excluding carboxylic acids is 2. The summed E-state index contributed by atoms with van der Waals surface area (Å²) in [5.74, 6) is -0.285. The van der Waals surface area contributed by atoms with Gasteiger partial charge in [-0.2, -0.15) is 0 Å². The van der Waals surface area contributed by atoms with Crippen LogP contribution in [0, 0.1) is 13.8 Å². The highest BCUT2D eigenvalue weighted by atomic mass is 16.5. The van der Waals surface area contributed by atoms with E-state index in [1.165, 1.54) is 4.90 Å². The normalized spacial score (nSPS) is 17.2. The van der Waals surface area contributed by atoms with Gasteiger partial charge in [0.25, 0.3) is 11.7 Å². The number of ketones is 1. The minimum Gasteiger partial charge on any atom is -0.507 e. The second-order valence-corrected chi connectivity index (χ2v) is 8.19. The van der Waals surface area contributed by atoms with Crippen molar-refractivity contribution in [2.24, 2.45) is 0 Å². The van der Waals surface area contributed by atoms with Crippen molar-refractivity contribution in [2.75, 3.05) is 18.6 Å². The SMILES string of the molecule is CCOc1ccc(/C(O)=C2/C(=O)C(=O)N(c3cccc(C)c3)C2c2ccc(OC)cc2)cc1C. The standard InChI is InChI=1S/C28H27NO5/c1-5-34-23-14-11-20(16-18(23)3)26(30)24-25(19-9-12-22(33-4)13-10-19)29(28(32)27(24)31)21-8-6-7-17(2)15-21/h6-16,25,30H,5H2,1-4H3/b26-24-. The molecule has 1 aliphatic heterocycles. The van der Waals surface area contributed by atoms with Crippen molar-refractivity contribution in [1.82, 2.24) is 0 Å². The molecule has 0 spiro atoms. The Labute approximate surface area is 199 Å². The summed E-state index contributed by atoms with van der Waals surface area (Å²) in [6.07, 6.45) is 0. The number of aliphatic hydroxyl groups excluding tert-OH is 1. The topological polar surface area (TPSA) is 76.1 Å². The minimum atomic E-state index is -0.792. The third-order valence-corrected chi connectivity index (χ3v) is 5.90. The molecule has 34 heavy (non-hydrogen) atoms. The lowest BCUT2D eigenvalue weighted by molar-refractivity contribution is -0.132. The summed E-state index contributed by atoms with van der Waals surface area (Å²) in [6.45, 7) is 6.21. The number of rotatable bonds is 6. The molecule has 1 unspecified atom stereocenters. The number of ether oxygens (including phenoxy) is 2. The molecule has 0 aliphatic carbocycles. The Bertz CT molecular complexity index is 1280. The zero-order valence-corrected chi connectivity index (χ0v) is 19.7. The Balaban J connectivity index is 1.91. The van der Waals surface area contributed by atoms with Gasteiger partial charge in [-0.3, -0.25) is 14.5 Å². The molecule has 1 fully saturated rings. The van der Waals surface area contributed by atoms with Gasteiger partial charge in [-0.15, -0.1) is 0 Å². The molecule has 1 saturated heterocycles. The summed E-state index contributed by atoms with van der Waals surface area (Å²) in [4.78, 5) is 28.0. The van der Waals surface area contributed by atoms with E-state index < -0.39 is 17.7 Å². The number of nitrogens with zero attached hydrogens (tertiary/aromatic N) is 1. The molecular weight excluding hydrogens is 430 g/mol. The van der Waals surface area contributed by atoms with Gasteiger partial charge in [-0.1, -0.05) is 24.3 Å². The Morgan fingerprint density at radius 1 is 1.00 bits per heavy atom. The smallest absolute Gasteiger partial charge is 0.300 e. The highest BCUT2D eigenvalue weighted by molar-refractivity contribution is 6.51. The molecule has 1 heterocycles. The molecule has 3 aromatic rings. The van der Waals surface area contributed by atoms with Crippen molar-refractivity contribution < 1.29 is 24.2 Å². The lowest BCUT2D eigenvalue weighted by atomic mass is 9.94. The van der Waals surface area contributed by atoms with Crippen LogP contribution in [0.3, 0.4) is 0 Å². The van der Waals surface area contributed by atoms with Gasteiger partial charge in [0.1, 0.15) is 17.3 Å². The van der Waals surface area contributed by atoms with Gasteiger partial charge >= 0.3 is 0 Å². The van der Waals surface area contributed by atoms with Crippen molar-refractivity contribution in [3.05, 3.63) is 94.6 Å². The third kappa shape index (κ3) is 4.15. The van der Waals surface area contributed by atoms with Gasteiger partial charge in [0.15, 0.2) is 0 Å². The van der Waals surface area contributed by atoms with Crippen LogP contribution < -0.4 is 14.4 Å². The van der Waals surface area contributed by atoms with Crippen molar-refractivity contribution in [1.29, 1.82) is 0 Å². The van der Waals surface area contributed by atoms with Crippen molar-refractivity contribution in [3.63, 3.8) is 0 Å². The fraction of sp³-hybridized carbons (Fsp3) is 0.214. The lowest BCUT2D eigenvalue weighted by Gasteiger charge is -2.26. The van der Waals surface area contributed by atoms with Gasteiger partial charge in [0, 0.05) is 11.3 Å². The van der Waals surface area contributed by atoms with Crippen LogP contribution in [0.25, 0.3) is 5.76 Å². The van der Waals surface area contributed by atoms with Crippen molar-refractivity contribution in [3.8, 4) is 11.5 Å². The summed E-state index contributed by atoms with van der Waals surface area (Å²) < 4.78 is 10.9. The number of amides is 1. The average Bonchev–Trinajstić information content (AvgIpc) is 3.10. The van der Waals surface area contributed by atoms with Crippen LogP contribution in [0.2, 0.25) is 0 Å². The fourth-order valence-corrected chi connectivity index (χ4v) is 4.25. The molecule has 4 rings (SSSR count).